The number of aromatic nitrogens is 3. The zero-order chi connectivity index (χ0) is 21.9. The Kier molecular flexibility index (Phi) is 4.44. The highest BCUT2D eigenvalue weighted by Gasteiger charge is 2.29. The molecule has 7 nitrogen and oxygen atoms in total. The minimum Gasteiger partial charge on any atom is -0.331 e. The number of nitrogens with one attached hydrogen (secondary N) is 1. The highest BCUT2D eigenvalue weighted by Crippen LogP contribution is 2.42. The van der Waals surface area contributed by atoms with Crippen LogP contribution in [0.25, 0.3) is 32.9 Å². The van der Waals surface area contributed by atoms with Crippen molar-refractivity contribution in [3.05, 3.63) is 58.8 Å². The third-order valence-electron chi connectivity index (χ3n) is 6.00. The minimum absolute atomic E-state index is 0.0121. The second kappa shape index (κ2) is 6.95. The predicted octanol–water partition coefficient (Wildman–Crippen LogP) is 3.73. The summed E-state index contributed by atoms with van der Waals surface area (Å²) in [6.45, 7) is 1.61. The van der Waals surface area contributed by atoms with Crippen molar-refractivity contribution in [3.63, 3.8) is 0 Å². The highest BCUT2D eigenvalue weighted by atomic mass is 32.2. The average Bonchev–Trinajstić information content (AvgIpc) is 3.54. The fourth-order valence-corrected chi connectivity index (χ4v) is 4.78. The molecule has 31 heavy (non-hydrogen) atoms. The SMILES string of the molecule is CCS(=O)(=O)Nc1cc(-c2cn(C)c(=O)c3ccccc23)c2nc(C3CC3)n(C)c2c1. The van der Waals surface area contributed by atoms with Crippen molar-refractivity contribution in [2.75, 3.05) is 10.5 Å². The number of hydrogen-bond acceptors (Lipinski definition) is 4. The number of benzene rings is 2. The van der Waals surface area contributed by atoms with Crippen LogP contribution in [0.5, 0.6) is 0 Å². The van der Waals surface area contributed by atoms with Crippen molar-refractivity contribution in [2.24, 2.45) is 14.1 Å². The van der Waals surface area contributed by atoms with Crippen LogP contribution < -0.4 is 10.3 Å². The first-order valence-corrected chi connectivity index (χ1v) is 12.0. The number of imidazole rings is 1. The number of fused-ring (bicyclic) bond motifs is 2. The lowest BCUT2D eigenvalue weighted by molar-refractivity contribution is 0.602. The van der Waals surface area contributed by atoms with Crippen LogP contribution in [-0.2, 0) is 24.1 Å². The van der Waals surface area contributed by atoms with Gasteiger partial charge >= 0.3 is 0 Å². The Bertz CT molecular complexity index is 1510. The minimum atomic E-state index is -3.44. The number of pyridine rings is 1. The fraction of sp³-hybridized carbons (Fsp3) is 0.304. The fourth-order valence-electron chi connectivity index (χ4n) is 4.16. The Morgan fingerprint density at radius 3 is 2.48 bits per heavy atom. The summed E-state index contributed by atoms with van der Waals surface area (Å²) < 4.78 is 30.9. The molecule has 0 saturated heterocycles. The van der Waals surface area contributed by atoms with E-state index in [1.54, 1.807) is 18.5 Å². The maximum atomic E-state index is 12.7. The maximum absolute atomic E-state index is 12.7. The number of aryl methyl sites for hydroxylation is 2. The molecule has 0 amide bonds. The van der Waals surface area contributed by atoms with Gasteiger partial charge in [0.25, 0.3) is 5.56 Å². The smallest absolute Gasteiger partial charge is 0.258 e. The highest BCUT2D eigenvalue weighted by molar-refractivity contribution is 7.92. The Labute approximate surface area is 180 Å². The van der Waals surface area contributed by atoms with Gasteiger partial charge in [0.1, 0.15) is 5.82 Å². The average molecular weight is 437 g/mol. The van der Waals surface area contributed by atoms with Gasteiger partial charge in [0.05, 0.1) is 22.5 Å². The predicted molar refractivity (Wildman–Crippen MR) is 124 cm³/mol. The Morgan fingerprint density at radius 1 is 1.10 bits per heavy atom. The number of hydrogen-bond donors (Lipinski definition) is 1. The molecule has 1 aliphatic rings. The van der Waals surface area contributed by atoms with E-state index in [2.05, 4.69) is 9.29 Å². The largest absolute Gasteiger partial charge is 0.331 e. The molecular formula is C23H24N4O3S. The summed E-state index contributed by atoms with van der Waals surface area (Å²) in [6, 6.07) is 11.2. The molecule has 1 fully saturated rings. The molecule has 2 aromatic carbocycles. The zero-order valence-electron chi connectivity index (χ0n) is 17.7. The molecule has 2 heterocycles. The maximum Gasteiger partial charge on any atom is 0.258 e. The van der Waals surface area contributed by atoms with Gasteiger partial charge in [-0.05, 0) is 43.4 Å². The van der Waals surface area contributed by atoms with Crippen LogP contribution >= 0.6 is 0 Å². The molecule has 0 unspecified atom stereocenters. The molecule has 0 spiro atoms. The molecule has 0 atom stereocenters. The molecular weight excluding hydrogens is 412 g/mol. The van der Waals surface area contributed by atoms with E-state index >= 15 is 0 Å². The van der Waals surface area contributed by atoms with Gasteiger partial charge in [-0.1, -0.05) is 18.2 Å². The summed E-state index contributed by atoms with van der Waals surface area (Å²) in [5.41, 5.74) is 3.76. The summed E-state index contributed by atoms with van der Waals surface area (Å²) in [6.07, 6.45) is 4.04. The number of rotatable bonds is 5. The van der Waals surface area contributed by atoms with E-state index in [4.69, 9.17) is 4.98 Å². The van der Waals surface area contributed by atoms with E-state index in [0.29, 0.717) is 17.0 Å². The van der Waals surface area contributed by atoms with E-state index in [-0.39, 0.29) is 11.3 Å². The van der Waals surface area contributed by atoms with Crippen LogP contribution in [0.4, 0.5) is 5.69 Å². The second-order valence-electron chi connectivity index (χ2n) is 8.20. The first-order valence-electron chi connectivity index (χ1n) is 10.4. The Hall–Kier alpha value is -3.13. The van der Waals surface area contributed by atoms with Gasteiger partial charge in [0.2, 0.25) is 10.0 Å². The quantitative estimate of drug-likeness (QED) is 0.517. The van der Waals surface area contributed by atoms with Crippen molar-refractivity contribution >= 4 is 37.5 Å². The topological polar surface area (TPSA) is 86.0 Å². The molecule has 1 N–H and O–H groups in total. The van der Waals surface area contributed by atoms with Gasteiger partial charge in [-0.2, -0.15) is 0 Å². The lowest BCUT2D eigenvalue weighted by Gasteiger charge is -2.13. The zero-order valence-corrected chi connectivity index (χ0v) is 18.5. The van der Waals surface area contributed by atoms with Gasteiger partial charge in [0.15, 0.2) is 0 Å². The van der Waals surface area contributed by atoms with E-state index < -0.39 is 10.0 Å². The van der Waals surface area contributed by atoms with Crippen molar-refractivity contribution < 1.29 is 8.42 Å². The Morgan fingerprint density at radius 2 is 1.81 bits per heavy atom. The van der Waals surface area contributed by atoms with Crippen LogP contribution in [0, 0.1) is 0 Å². The van der Waals surface area contributed by atoms with E-state index in [1.807, 2.05) is 49.6 Å². The molecule has 0 radical (unpaired) electrons. The lowest BCUT2D eigenvalue weighted by Crippen LogP contribution is -2.16. The van der Waals surface area contributed by atoms with E-state index in [0.717, 1.165) is 46.2 Å². The number of nitrogens with zero attached hydrogens (tertiary/aromatic N) is 3. The molecule has 0 aliphatic heterocycles. The third-order valence-corrected chi connectivity index (χ3v) is 7.30. The van der Waals surface area contributed by atoms with Crippen molar-refractivity contribution in [2.45, 2.75) is 25.7 Å². The first kappa shape index (κ1) is 19.8. The van der Waals surface area contributed by atoms with Crippen LogP contribution in [0.2, 0.25) is 0 Å². The Balaban J connectivity index is 1.86. The van der Waals surface area contributed by atoms with Crippen LogP contribution in [0.1, 0.15) is 31.5 Å². The molecule has 2 aromatic heterocycles. The second-order valence-corrected chi connectivity index (χ2v) is 10.2. The molecule has 8 heteroatoms. The van der Waals surface area contributed by atoms with Crippen molar-refractivity contribution in [1.29, 1.82) is 0 Å². The monoisotopic (exact) mass is 436 g/mol. The summed E-state index contributed by atoms with van der Waals surface area (Å²) in [4.78, 5) is 17.6. The van der Waals surface area contributed by atoms with Crippen LogP contribution in [0.15, 0.2) is 47.4 Å². The summed E-state index contributed by atoms with van der Waals surface area (Å²) >= 11 is 0. The van der Waals surface area contributed by atoms with Crippen molar-refractivity contribution in [3.8, 4) is 11.1 Å². The normalized spacial score (nSPS) is 14.4. The first-order chi connectivity index (χ1) is 14.8. The van der Waals surface area contributed by atoms with Gasteiger partial charge in [-0.3, -0.25) is 9.52 Å². The van der Waals surface area contributed by atoms with Gasteiger partial charge in [0, 0.05) is 42.7 Å². The summed E-state index contributed by atoms with van der Waals surface area (Å²) in [7, 11) is 0.263. The molecule has 1 aliphatic carbocycles. The van der Waals surface area contributed by atoms with Crippen molar-refractivity contribution in [1.82, 2.24) is 14.1 Å². The van der Waals surface area contributed by atoms with Gasteiger partial charge < -0.3 is 9.13 Å². The van der Waals surface area contributed by atoms with Gasteiger partial charge in [-0.15, -0.1) is 0 Å². The van der Waals surface area contributed by atoms with Crippen LogP contribution in [-0.4, -0.2) is 28.3 Å². The summed E-state index contributed by atoms with van der Waals surface area (Å²) in [5.74, 6) is 1.45. The molecule has 0 bridgehead atoms. The van der Waals surface area contributed by atoms with E-state index in [1.165, 1.54) is 0 Å². The summed E-state index contributed by atoms with van der Waals surface area (Å²) in [5, 5.41) is 1.44. The number of anilines is 1. The lowest BCUT2D eigenvalue weighted by atomic mass is 9.99. The molecule has 5 rings (SSSR count). The molecule has 160 valence electrons. The van der Waals surface area contributed by atoms with Gasteiger partial charge in [-0.25, -0.2) is 13.4 Å². The molecule has 1 saturated carbocycles. The van der Waals surface area contributed by atoms with E-state index in [9.17, 15) is 13.2 Å². The molecule has 4 aromatic rings. The van der Waals surface area contributed by atoms with Crippen LogP contribution in [0.3, 0.4) is 0 Å². The third kappa shape index (κ3) is 3.31. The standard InChI is InChI=1S/C23H24N4O3S/c1-4-31(29,30)25-15-11-18(21-20(12-15)27(3)22(24-21)14-9-10-14)19-13-26(2)23(28)17-8-6-5-7-16(17)19/h5-8,11-14,25H,4,9-10H2,1-3H3. The number of sulfonamides is 1.